The van der Waals surface area contributed by atoms with Gasteiger partial charge in [-0.05, 0) is 17.7 Å². The van der Waals surface area contributed by atoms with Crippen LogP contribution in [0.15, 0.2) is 29.8 Å². The minimum absolute atomic E-state index is 0.464. The molecule has 0 aliphatic heterocycles. The second-order valence-electron chi connectivity index (χ2n) is 2.56. The summed E-state index contributed by atoms with van der Waals surface area (Å²) in [4.78, 5) is 11.1. The highest BCUT2D eigenvalue weighted by atomic mass is 35.5. The topological polar surface area (TPSA) is 42.9 Å². The molecule has 3 nitrogen and oxygen atoms in total. The minimum atomic E-state index is -0.476. The van der Waals surface area contributed by atoms with Gasteiger partial charge in [-0.2, -0.15) is 0 Å². The lowest BCUT2D eigenvalue weighted by Gasteiger charge is -2.00. The molecule has 0 saturated heterocycles. The fraction of sp³-hybridized carbons (Fsp3) is 0. The molecule has 1 heterocycles. The Hall–Kier alpha value is -1.26. The Kier molecular flexibility index (Phi) is 2.56. The number of hydrogen-bond donors (Lipinski definition) is 0. The first kappa shape index (κ1) is 9.30. The number of carbonyl (C=O) groups excluding carboxylic acids is 1. The van der Waals surface area contributed by atoms with Crippen molar-refractivity contribution in [3.05, 3.63) is 35.3 Å². The van der Waals surface area contributed by atoms with E-state index < -0.39 is 5.24 Å². The summed E-state index contributed by atoms with van der Waals surface area (Å²) in [5.41, 5.74) is 2.81. The van der Waals surface area contributed by atoms with Crippen LogP contribution in [-0.2, 0) is 0 Å². The molecular formula is C9H5ClN2OS. The van der Waals surface area contributed by atoms with Crippen molar-refractivity contribution < 1.29 is 4.79 Å². The Morgan fingerprint density at radius 3 is 2.79 bits per heavy atom. The van der Waals surface area contributed by atoms with Gasteiger partial charge in [-0.25, -0.2) is 0 Å². The second-order valence-corrected chi connectivity index (χ2v) is 3.74. The molecule has 0 amide bonds. The van der Waals surface area contributed by atoms with Gasteiger partial charge >= 0.3 is 0 Å². The molecule has 0 fully saturated rings. The van der Waals surface area contributed by atoms with Gasteiger partial charge in [-0.15, -0.1) is 10.2 Å². The maximum Gasteiger partial charge on any atom is 0.253 e. The third-order valence-corrected chi connectivity index (χ3v) is 2.66. The van der Waals surface area contributed by atoms with Crippen LogP contribution >= 0.6 is 22.9 Å². The van der Waals surface area contributed by atoms with Gasteiger partial charge in [-0.3, -0.25) is 4.79 Å². The first-order valence-corrected chi connectivity index (χ1v) is 5.10. The van der Waals surface area contributed by atoms with Crippen molar-refractivity contribution in [2.45, 2.75) is 0 Å². The first-order valence-electron chi connectivity index (χ1n) is 3.84. The Balaban J connectivity index is 2.58. The van der Waals surface area contributed by atoms with Crippen LogP contribution < -0.4 is 0 Å². The van der Waals surface area contributed by atoms with E-state index >= 15 is 0 Å². The van der Waals surface area contributed by atoms with Gasteiger partial charge in [0.15, 0.2) is 0 Å². The van der Waals surface area contributed by atoms with E-state index in [4.69, 9.17) is 11.6 Å². The van der Waals surface area contributed by atoms with Gasteiger partial charge < -0.3 is 0 Å². The van der Waals surface area contributed by atoms with Crippen LogP contribution in [0.4, 0.5) is 0 Å². The highest BCUT2D eigenvalue weighted by molar-refractivity contribution is 7.12. The molecule has 2 rings (SSSR count). The van der Waals surface area contributed by atoms with Gasteiger partial charge in [0.05, 0.1) is 0 Å². The van der Waals surface area contributed by atoms with E-state index in [1.54, 1.807) is 23.7 Å². The molecule has 1 aromatic carbocycles. The molecule has 1 aromatic heterocycles. The van der Waals surface area contributed by atoms with E-state index in [2.05, 4.69) is 10.2 Å². The van der Waals surface area contributed by atoms with Gasteiger partial charge in [0.25, 0.3) is 5.24 Å². The molecule has 0 saturated carbocycles. The number of nitrogens with zero attached hydrogens (tertiary/aromatic N) is 2. The second kappa shape index (κ2) is 3.86. The summed E-state index contributed by atoms with van der Waals surface area (Å²) in [6, 6.07) is 7.07. The molecule has 0 bridgehead atoms. The van der Waals surface area contributed by atoms with E-state index in [0.717, 1.165) is 5.56 Å². The van der Waals surface area contributed by atoms with Crippen molar-refractivity contribution in [2.75, 3.05) is 0 Å². The smallest absolute Gasteiger partial charge is 0.253 e. The molecule has 0 N–H and O–H groups in total. The average molecular weight is 225 g/mol. The summed E-state index contributed by atoms with van der Waals surface area (Å²) in [6.45, 7) is 0. The molecule has 0 atom stereocenters. The summed E-state index contributed by atoms with van der Waals surface area (Å²) >= 11 is 6.82. The van der Waals surface area contributed by atoms with E-state index in [1.165, 1.54) is 11.3 Å². The normalized spacial score (nSPS) is 10.1. The summed E-state index contributed by atoms with van der Waals surface area (Å²) < 4.78 is 0. The molecular weight excluding hydrogens is 220 g/mol. The first-order chi connectivity index (χ1) is 6.79. The quantitative estimate of drug-likeness (QED) is 0.737. The molecule has 0 aliphatic rings. The number of rotatable bonds is 2. The van der Waals surface area contributed by atoms with Crippen molar-refractivity contribution in [2.24, 2.45) is 0 Å². The number of aromatic nitrogens is 2. The average Bonchev–Trinajstić information content (AvgIpc) is 2.70. The van der Waals surface area contributed by atoms with Crippen LogP contribution in [-0.4, -0.2) is 15.4 Å². The van der Waals surface area contributed by atoms with Gasteiger partial charge in [0.2, 0.25) is 0 Å². The summed E-state index contributed by atoms with van der Waals surface area (Å²) in [6.07, 6.45) is 0. The van der Waals surface area contributed by atoms with Crippen molar-refractivity contribution >= 4 is 28.2 Å². The van der Waals surface area contributed by atoms with Gasteiger partial charge in [0.1, 0.15) is 10.5 Å². The summed E-state index contributed by atoms with van der Waals surface area (Å²) in [5, 5.41) is 7.83. The number of halogens is 1. The van der Waals surface area contributed by atoms with Crippen molar-refractivity contribution in [1.29, 1.82) is 0 Å². The fourth-order valence-corrected chi connectivity index (χ4v) is 1.89. The molecule has 0 spiro atoms. The Morgan fingerprint density at radius 2 is 2.14 bits per heavy atom. The standard InChI is InChI=1S/C9H5ClN2OS/c10-8(13)6-3-1-2-4-7(6)9-12-11-5-14-9/h1-5H. The summed E-state index contributed by atoms with van der Waals surface area (Å²) in [5.74, 6) is 0. The number of benzene rings is 1. The predicted octanol–water partition coefficient (Wildman–Crippen LogP) is 2.58. The third kappa shape index (κ3) is 1.66. The molecule has 14 heavy (non-hydrogen) atoms. The van der Waals surface area contributed by atoms with Gasteiger partial charge in [-0.1, -0.05) is 29.5 Å². The van der Waals surface area contributed by atoms with Crippen LogP contribution in [0.3, 0.4) is 0 Å². The summed E-state index contributed by atoms with van der Waals surface area (Å²) in [7, 11) is 0. The maximum atomic E-state index is 11.1. The largest absolute Gasteiger partial charge is 0.276 e. The van der Waals surface area contributed by atoms with Crippen molar-refractivity contribution in [1.82, 2.24) is 10.2 Å². The third-order valence-electron chi connectivity index (χ3n) is 1.73. The molecule has 2 aromatic rings. The molecule has 0 aliphatic carbocycles. The zero-order chi connectivity index (χ0) is 9.97. The van der Waals surface area contributed by atoms with Crippen LogP contribution in [0, 0.1) is 0 Å². The Labute approximate surface area is 89.4 Å². The monoisotopic (exact) mass is 224 g/mol. The number of hydrogen-bond acceptors (Lipinski definition) is 4. The maximum absolute atomic E-state index is 11.1. The zero-order valence-corrected chi connectivity index (χ0v) is 8.55. The lowest BCUT2D eigenvalue weighted by Crippen LogP contribution is -1.92. The van der Waals surface area contributed by atoms with Crippen LogP contribution in [0.5, 0.6) is 0 Å². The number of carbonyl (C=O) groups is 1. The van der Waals surface area contributed by atoms with Crippen molar-refractivity contribution in [3.8, 4) is 10.6 Å². The molecule has 70 valence electrons. The van der Waals surface area contributed by atoms with E-state index in [0.29, 0.717) is 10.6 Å². The van der Waals surface area contributed by atoms with Crippen molar-refractivity contribution in [3.63, 3.8) is 0 Å². The highest BCUT2D eigenvalue weighted by Crippen LogP contribution is 2.25. The van der Waals surface area contributed by atoms with E-state index in [9.17, 15) is 4.79 Å². The minimum Gasteiger partial charge on any atom is -0.276 e. The highest BCUT2D eigenvalue weighted by Gasteiger charge is 2.11. The molecule has 0 radical (unpaired) electrons. The van der Waals surface area contributed by atoms with E-state index in [-0.39, 0.29) is 0 Å². The van der Waals surface area contributed by atoms with E-state index in [1.807, 2.05) is 6.07 Å². The SMILES string of the molecule is O=C(Cl)c1ccccc1-c1nncs1. The molecule has 5 heteroatoms. The predicted molar refractivity (Wildman–Crippen MR) is 55.5 cm³/mol. The molecule has 0 unspecified atom stereocenters. The van der Waals surface area contributed by atoms with Crippen LogP contribution in [0.1, 0.15) is 10.4 Å². The van der Waals surface area contributed by atoms with Crippen LogP contribution in [0.2, 0.25) is 0 Å². The lowest BCUT2D eigenvalue weighted by atomic mass is 10.1. The Morgan fingerprint density at radius 1 is 1.36 bits per heavy atom. The van der Waals surface area contributed by atoms with Crippen LogP contribution in [0.25, 0.3) is 10.6 Å². The fourth-order valence-electron chi connectivity index (χ4n) is 1.13. The Bertz CT molecular complexity index is 456. The van der Waals surface area contributed by atoms with Gasteiger partial charge in [0, 0.05) is 11.1 Å². The zero-order valence-electron chi connectivity index (χ0n) is 6.98. The lowest BCUT2D eigenvalue weighted by molar-refractivity contribution is 0.108.